The third kappa shape index (κ3) is 3.16. The zero-order chi connectivity index (χ0) is 15.6. The molecule has 5 heteroatoms. The second kappa shape index (κ2) is 6.67. The first kappa shape index (κ1) is 16.1. The molecule has 0 aliphatic carbocycles. The zero-order valence-electron chi connectivity index (χ0n) is 13.5. The summed E-state index contributed by atoms with van der Waals surface area (Å²) in [4.78, 5) is 0. The van der Waals surface area contributed by atoms with Gasteiger partial charge in [0.25, 0.3) is 0 Å². The molecular formula is C16H24ClN3O. The summed E-state index contributed by atoms with van der Waals surface area (Å²) >= 11 is 6.51. The largest absolute Gasteiger partial charge is 0.466 e. The molecule has 0 radical (unpaired) electrons. The van der Waals surface area contributed by atoms with Crippen molar-refractivity contribution in [2.24, 2.45) is 0 Å². The van der Waals surface area contributed by atoms with Crippen molar-refractivity contribution in [3.8, 4) is 0 Å². The highest BCUT2D eigenvalue weighted by molar-refractivity contribution is 6.31. The zero-order valence-corrected chi connectivity index (χ0v) is 14.2. The molecule has 1 N–H and O–H groups in total. The molecule has 2 aromatic heterocycles. The minimum atomic E-state index is 0.173. The van der Waals surface area contributed by atoms with Gasteiger partial charge in [-0.15, -0.1) is 0 Å². The lowest BCUT2D eigenvalue weighted by Gasteiger charge is -2.16. The second-order valence-corrected chi connectivity index (χ2v) is 5.67. The standard InChI is InChI=1S/C16H24ClN3O/c1-6-13-16(17)15(20(7-2)19-13)9-14(18-5)12-8-10(3)21-11(12)4/h8,14,18H,6-7,9H2,1-5H3. The molecule has 0 spiro atoms. The van der Waals surface area contributed by atoms with Gasteiger partial charge in [-0.1, -0.05) is 18.5 Å². The van der Waals surface area contributed by atoms with Crippen LogP contribution in [0.4, 0.5) is 0 Å². The van der Waals surface area contributed by atoms with Gasteiger partial charge in [-0.05, 0) is 40.3 Å². The molecule has 0 aromatic carbocycles. The molecule has 0 fully saturated rings. The highest BCUT2D eigenvalue weighted by Gasteiger charge is 2.21. The quantitative estimate of drug-likeness (QED) is 0.882. The van der Waals surface area contributed by atoms with E-state index in [4.69, 9.17) is 16.0 Å². The first-order valence-electron chi connectivity index (χ1n) is 7.49. The van der Waals surface area contributed by atoms with E-state index in [1.807, 2.05) is 25.6 Å². The van der Waals surface area contributed by atoms with Gasteiger partial charge in [0.15, 0.2) is 0 Å². The Kier molecular flexibility index (Phi) is 5.12. The van der Waals surface area contributed by atoms with E-state index in [1.54, 1.807) is 0 Å². The summed E-state index contributed by atoms with van der Waals surface area (Å²) in [6.07, 6.45) is 1.66. The number of furan rings is 1. The van der Waals surface area contributed by atoms with Crippen LogP contribution in [-0.2, 0) is 19.4 Å². The van der Waals surface area contributed by atoms with Crippen molar-refractivity contribution in [2.75, 3.05) is 7.05 Å². The Morgan fingerprint density at radius 3 is 2.57 bits per heavy atom. The number of hydrogen-bond donors (Lipinski definition) is 1. The summed E-state index contributed by atoms with van der Waals surface area (Å²) < 4.78 is 7.66. The van der Waals surface area contributed by atoms with Gasteiger partial charge in [-0.25, -0.2) is 0 Å². The van der Waals surface area contributed by atoms with Gasteiger partial charge in [0, 0.05) is 24.6 Å². The van der Waals surface area contributed by atoms with Crippen molar-refractivity contribution >= 4 is 11.6 Å². The summed E-state index contributed by atoms with van der Waals surface area (Å²) in [7, 11) is 1.97. The van der Waals surface area contributed by atoms with Gasteiger partial charge < -0.3 is 9.73 Å². The van der Waals surface area contributed by atoms with E-state index in [1.165, 1.54) is 5.56 Å². The van der Waals surface area contributed by atoms with E-state index in [9.17, 15) is 0 Å². The maximum Gasteiger partial charge on any atom is 0.105 e. The number of hydrogen-bond acceptors (Lipinski definition) is 3. The molecular weight excluding hydrogens is 286 g/mol. The molecule has 0 aliphatic rings. The van der Waals surface area contributed by atoms with Crippen LogP contribution in [0.3, 0.4) is 0 Å². The molecule has 2 heterocycles. The van der Waals surface area contributed by atoms with Crippen LogP contribution in [0.25, 0.3) is 0 Å². The molecule has 2 rings (SSSR count). The predicted molar refractivity (Wildman–Crippen MR) is 86.0 cm³/mol. The van der Waals surface area contributed by atoms with Crippen molar-refractivity contribution in [1.82, 2.24) is 15.1 Å². The summed E-state index contributed by atoms with van der Waals surface area (Å²) in [6, 6.07) is 2.27. The van der Waals surface area contributed by atoms with Gasteiger partial charge in [0.05, 0.1) is 16.4 Å². The maximum atomic E-state index is 6.51. The van der Waals surface area contributed by atoms with Crippen molar-refractivity contribution in [2.45, 2.75) is 53.1 Å². The number of halogens is 1. The minimum absolute atomic E-state index is 0.173. The van der Waals surface area contributed by atoms with Crippen molar-refractivity contribution in [1.29, 1.82) is 0 Å². The van der Waals surface area contributed by atoms with Crippen molar-refractivity contribution < 1.29 is 4.42 Å². The SMILES string of the molecule is CCc1nn(CC)c(CC(NC)c2cc(C)oc2C)c1Cl. The summed E-state index contributed by atoms with van der Waals surface area (Å²) in [5.74, 6) is 1.90. The molecule has 0 amide bonds. The second-order valence-electron chi connectivity index (χ2n) is 5.29. The molecule has 1 unspecified atom stereocenters. The predicted octanol–water partition coefficient (Wildman–Crippen LogP) is 3.83. The molecule has 21 heavy (non-hydrogen) atoms. The number of likely N-dealkylation sites (N-methyl/N-ethyl adjacent to an activating group) is 1. The van der Waals surface area contributed by atoms with E-state index in [-0.39, 0.29) is 6.04 Å². The first-order valence-corrected chi connectivity index (χ1v) is 7.87. The fraction of sp³-hybridized carbons (Fsp3) is 0.562. The van der Waals surface area contributed by atoms with E-state index >= 15 is 0 Å². The number of nitrogens with one attached hydrogen (secondary N) is 1. The van der Waals surface area contributed by atoms with E-state index < -0.39 is 0 Å². The minimum Gasteiger partial charge on any atom is -0.466 e. The molecule has 2 aromatic rings. The number of aromatic nitrogens is 2. The maximum absolute atomic E-state index is 6.51. The Labute approximate surface area is 131 Å². The average molecular weight is 310 g/mol. The first-order chi connectivity index (χ1) is 10.0. The van der Waals surface area contributed by atoms with Crippen molar-refractivity contribution in [3.05, 3.63) is 39.6 Å². The Balaban J connectivity index is 2.35. The van der Waals surface area contributed by atoms with Crippen LogP contribution in [0.15, 0.2) is 10.5 Å². The lowest BCUT2D eigenvalue weighted by atomic mass is 10.0. The van der Waals surface area contributed by atoms with Crippen molar-refractivity contribution in [3.63, 3.8) is 0 Å². The number of rotatable bonds is 6. The Bertz CT molecular complexity index is 615. The lowest BCUT2D eigenvalue weighted by molar-refractivity contribution is 0.485. The molecule has 0 saturated heterocycles. The third-order valence-electron chi connectivity index (χ3n) is 3.89. The third-order valence-corrected chi connectivity index (χ3v) is 4.33. The molecule has 4 nitrogen and oxygen atoms in total. The smallest absolute Gasteiger partial charge is 0.105 e. The molecule has 0 saturated carbocycles. The Morgan fingerprint density at radius 2 is 2.10 bits per heavy atom. The number of aryl methyl sites for hydroxylation is 4. The molecule has 0 aliphatic heterocycles. The van der Waals surface area contributed by atoms with Crippen LogP contribution in [0, 0.1) is 13.8 Å². The summed E-state index contributed by atoms with van der Waals surface area (Å²) in [5.41, 5.74) is 3.25. The monoisotopic (exact) mass is 309 g/mol. The molecule has 1 atom stereocenters. The van der Waals surface area contributed by atoms with Gasteiger partial charge in [0.1, 0.15) is 11.5 Å². The average Bonchev–Trinajstić information content (AvgIpc) is 2.95. The van der Waals surface area contributed by atoms with Gasteiger partial charge in [0.2, 0.25) is 0 Å². The summed E-state index contributed by atoms with van der Waals surface area (Å²) in [6.45, 7) is 8.98. The highest BCUT2D eigenvalue weighted by Crippen LogP contribution is 2.29. The van der Waals surface area contributed by atoms with Crippen LogP contribution in [0.5, 0.6) is 0 Å². The fourth-order valence-corrected chi connectivity index (χ4v) is 3.12. The van der Waals surface area contributed by atoms with Crippen LogP contribution >= 0.6 is 11.6 Å². The van der Waals surface area contributed by atoms with E-state index in [0.717, 1.165) is 47.3 Å². The Hall–Kier alpha value is -1.26. The molecule has 116 valence electrons. The van der Waals surface area contributed by atoms with E-state index in [2.05, 4.69) is 30.3 Å². The van der Waals surface area contributed by atoms with Gasteiger partial charge >= 0.3 is 0 Å². The number of nitrogens with zero attached hydrogens (tertiary/aromatic N) is 2. The Morgan fingerprint density at radius 1 is 1.38 bits per heavy atom. The summed E-state index contributed by atoms with van der Waals surface area (Å²) in [5, 5.41) is 8.76. The normalized spacial score (nSPS) is 12.9. The van der Waals surface area contributed by atoms with Crippen LogP contribution < -0.4 is 5.32 Å². The topological polar surface area (TPSA) is 43.0 Å². The lowest BCUT2D eigenvalue weighted by Crippen LogP contribution is -2.21. The fourth-order valence-electron chi connectivity index (χ4n) is 2.77. The van der Waals surface area contributed by atoms with Crippen LogP contribution in [0.2, 0.25) is 5.02 Å². The van der Waals surface area contributed by atoms with Gasteiger partial charge in [-0.2, -0.15) is 5.10 Å². The van der Waals surface area contributed by atoms with E-state index in [0.29, 0.717) is 0 Å². The molecule has 0 bridgehead atoms. The van der Waals surface area contributed by atoms with Crippen LogP contribution in [0.1, 0.15) is 48.4 Å². The highest BCUT2D eigenvalue weighted by atomic mass is 35.5. The van der Waals surface area contributed by atoms with Gasteiger partial charge in [-0.3, -0.25) is 4.68 Å². The van der Waals surface area contributed by atoms with Crippen LogP contribution in [-0.4, -0.2) is 16.8 Å².